The molecule has 1 aliphatic heterocycles. The first-order valence-electron chi connectivity index (χ1n) is 6.77. The van der Waals surface area contributed by atoms with Gasteiger partial charge in [-0.25, -0.2) is 4.98 Å². The van der Waals surface area contributed by atoms with Crippen molar-refractivity contribution in [3.05, 3.63) is 53.3 Å². The lowest BCUT2D eigenvalue weighted by atomic mass is 10.2. The van der Waals surface area contributed by atoms with E-state index < -0.39 is 0 Å². The average Bonchev–Trinajstić information content (AvgIpc) is 2.99. The fourth-order valence-corrected chi connectivity index (χ4v) is 2.51. The van der Waals surface area contributed by atoms with Crippen LogP contribution in [-0.2, 0) is 0 Å². The molecule has 0 unspecified atom stereocenters. The van der Waals surface area contributed by atoms with Crippen LogP contribution in [0.2, 0.25) is 0 Å². The van der Waals surface area contributed by atoms with E-state index >= 15 is 0 Å². The van der Waals surface area contributed by atoms with E-state index in [1.165, 1.54) is 0 Å². The number of anilines is 1. The molecular weight excluding hydrogens is 264 g/mol. The van der Waals surface area contributed by atoms with E-state index in [2.05, 4.69) is 22.1 Å². The van der Waals surface area contributed by atoms with Crippen LogP contribution in [0.25, 0.3) is 17.1 Å². The first-order valence-corrected chi connectivity index (χ1v) is 6.77. The third-order valence-electron chi connectivity index (χ3n) is 3.65. The summed E-state index contributed by atoms with van der Waals surface area (Å²) in [4.78, 5) is 7.41. The molecule has 0 saturated carbocycles. The van der Waals surface area contributed by atoms with Gasteiger partial charge in [-0.2, -0.15) is 5.10 Å². The first kappa shape index (κ1) is 12.0. The van der Waals surface area contributed by atoms with Crippen molar-refractivity contribution in [2.45, 2.75) is 0 Å². The minimum absolute atomic E-state index is 0.749. The lowest BCUT2D eigenvalue weighted by Gasteiger charge is -2.20. The van der Waals surface area contributed by atoms with Gasteiger partial charge >= 0.3 is 0 Å². The summed E-state index contributed by atoms with van der Waals surface area (Å²) in [7, 11) is 1.67. The number of nitrogens with zero attached hydrogens (tertiary/aromatic N) is 3. The SMILES string of the molecule is COc1ccc(N2CC=c3cc4[nH]cnc4cc3=N2)cc1. The first-order chi connectivity index (χ1) is 10.3. The number of nitrogens with one attached hydrogen (secondary N) is 1. The van der Waals surface area contributed by atoms with Gasteiger partial charge in [0, 0.05) is 5.22 Å². The maximum atomic E-state index is 5.18. The second kappa shape index (κ2) is 4.63. The zero-order valence-electron chi connectivity index (χ0n) is 11.6. The van der Waals surface area contributed by atoms with Crippen molar-refractivity contribution in [2.24, 2.45) is 5.10 Å². The summed E-state index contributed by atoms with van der Waals surface area (Å²) in [5.41, 5.74) is 3.01. The summed E-state index contributed by atoms with van der Waals surface area (Å²) in [5, 5.41) is 8.76. The average molecular weight is 278 g/mol. The van der Waals surface area contributed by atoms with E-state index in [1.807, 2.05) is 35.3 Å². The molecule has 5 nitrogen and oxygen atoms in total. The predicted molar refractivity (Wildman–Crippen MR) is 81.7 cm³/mol. The number of imidazole rings is 1. The number of H-pyrrole nitrogens is 1. The fraction of sp³-hybridized carbons (Fsp3) is 0.125. The van der Waals surface area contributed by atoms with Crippen LogP contribution in [0, 0.1) is 0 Å². The molecule has 0 saturated heterocycles. The molecule has 0 fully saturated rings. The Kier molecular flexibility index (Phi) is 2.64. The highest BCUT2D eigenvalue weighted by Crippen LogP contribution is 2.19. The molecule has 0 amide bonds. The number of hydrogen-bond acceptors (Lipinski definition) is 4. The van der Waals surface area contributed by atoms with Crippen molar-refractivity contribution in [1.82, 2.24) is 9.97 Å². The number of ether oxygens (including phenoxy) is 1. The Bertz CT molecular complexity index is 912. The van der Waals surface area contributed by atoms with Crippen LogP contribution >= 0.6 is 0 Å². The maximum absolute atomic E-state index is 5.18. The van der Waals surface area contributed by atoms with E-state index in [4.69, 9.17) is 9.84 Å². The predicted octanol–water partition coefficient (Wildman–Crippen LogP) is 1.41. The number of fused-ring (bicyclic) bond motifs is 2. The van der Waals surface area contributed by atoms with Gasteiger partial charge < -0.3 is 9.72 Å². The van der Waals surface area contributed by atoms with Gasteiger partial charge in [0.15, 0.2) is 0 Å². The van der Waals surface area contributed by atoms with Gasteiger partial charge in [-0.05, 0) is 36.4 Å². The van der Waals surface area contributed by atoms with Gasteiger partial charge in [0.25, 0.3) is 0 Å². The van der Waals surface area contributed by atoms with Crippen molar-refractivity contribution in [1.29, 1.82) is 0 Å². The molecule has 0 bridgehead atoms. The molecule has 1 aliphatic rings. The van der Waals surface area contributed by atoms with Gasteiger partial charge in [0.2, 0.25) is 0 Å². The van der Waals surface area contributed by atoms with Gasteiger partial charge in [-0.1, -0.05) is 6.08 Å². The van der Waals surface area contributed by atoms with Gasteiger partial charge in [-0.3, -0.25) is 5.01 Å². The quantitative estimate of drug-likeness (QED) is 0.771. The van der Waals surface area contributed by atoms with Gasteiger partial charge in [0.05, 0.1) is 42.1 Å². The van der Waals surface area contributed by atoms with Crippen LogP contribution in [0.15, 0.2) is 47.8 Å². The fourth-order valence-electron chi connectivity index (χ4n) is 2.51. The highest BCUT2D eigenvalue weighted by Gasteiger charge is 2.08. The Balaban J connectivity index is 1.79. The standard InChI is InChI=1S/C16H14N4O/c1-21-13-4-2-12(3-5-13)20-7-6-11-8-15-16(18-10-17-15)9-14(11)19-20/h2-6,8-10H,7H2,1H3,(H,17,18). The van der Waals surface area contributed by atoms with Crippen LogP contribution in [0.3, 0.4) is 0 Å². The molecule has 104 valence electrons. The number of methoxy groups -OCH3 is 1. The normalized spacial score (nSPS) is 13.5. The largest absolute Gasteiger partial charge is 0.497 e. The molecule has 0 radical (unpaired) electrons. The summed E-state index contributed by atoms with van der Waals surface area (Å²) < 4.78 is 5.18. The second-order valence-electron chi connectivity index (χ2n) is 4.91. The number of rotatable bonds is 2. The topological polar surface area (TPSA) is 53.5 Å². The lowest BCUT2D eigenvalue weighted by molar-refractivity contribution is 0.415. The molecule has 2 heterocycles. The van der Waals surface area contributed by atoms with E-state index in [0.717, 1.165) is 39.6 Å². The number of benzene rings is 2. The van der Waals surface area contributed by atoms with Crippen LogP contribution < -0.4 is 20.3 Å². The summed E-state index contributed by atoms with van der Waals surface area (Å²) >= 11 is 0. The Morgan fingerprint density at radius 1 is 1.19 bits per heavy atom. The summed E-state index contributed by atoms with van der Waals surface area (Å²) in [6, 6.07) is 12.0. The zero-order chi connectivity index (χ0) is 14.2. The highest BCUT2D eigenvalue weighted by molar-refractivity contribution is 5.74. The summed E-state index contributed by atoms with van der Waals surface area (Å²) in [5.74, 6) is 0.846. The minimum Gasteiger partial charge on any atom is -0.497 e. The minimum atomic E-state index is 0.749. The van der Waals surface area contributed by atoms with Crippen molar-refractivity contribution in [2.75, 3.05) is 18.7 Å². The van der Waals surface area contributed by atoms with Crippen molar-refractivity contribution < 1.29 is 4.74 Å². The molecule has 3 aromatic rings. The summed E-state index contributed by atoms with van der Waals surface area (Å²) in [6.07, 6.45) is 3.88. The third-order valence-corrected chi connectivity index (χ3v) is 3.65. The Morgan fingerprint density at radius 2 is 2.05 bits per heavy atom. The molecule has 2 aromatic carbocycles. The molecule has 1 aromatic heterocycles. The third kappa shape index (κ3) is 2.03. The van der Waals surface area contributed by atoms with Crippen LogP contribution in [0.1, 0.15) is 0 Å². The molecule has 0 atom stereocenters. The summed E-state index contributed by atoms with van der Waals surface area (Å²) in [6.45, 7) is 0.749. The van der Waals surface area contributed by atoms with Crippen LogP contribution in [0.5, 0.6) is 5.75 Å². The molecule has 1 N–H and O–H groups in total. The molecular formula is C16H14N4O. The van der Waals surface area contributed by atoms with E-state index in [-0.39, 0.29) is 0 Å². The molecule has 5 heteroatoms. The molecule has 21 heavy (non-hydrogen) atoms. The zero-order valence-corrected chi connectivity index (χ0v) is 11.6. The van der Waals surface area contributed by atoms with Crippen molar-refractivity contribution >= 4 is 22.8 Å². The molecule has 0 aliphatic carbocycles. The van der Waals surface area contributed by atoms with E-state index in [9.17, 15) is 0 Å². The van der Waals surface area contributed by atoms with Crippen molar-refractivity contribution in [3.63, 3.8) is 0 Å². The van der Waals surface area contributed by atoms with E-state index in [1.54, 1.807) is 13.4 Å². The van der Waals surface area contributed by atoms with Crippen molar-refractivity contribution in [3.8, 4) is 5.75 Å². The molecule has 4 rings (SSSR count). The van der Waals surface area contributed by atoms with Gasteiger partial charge in [-0.15, -0.1) is 0 Å². The number of aromatic nitrogens is 2. The second-order valence-corrected chi connectivity index (χ2v) is 4.91. The smallest absolute Gasteiger partial charge is 0.119 e. The number of hydrogen-bond donors (Lipinski definition) is 1. The van der Waals surface area contributed by atoms with Crippen LogP contribution in [0.4, 0.5) is 5.69 Å². The Labute approximate surface area is 121 Å². The highest BCUT2D eigenvalue weighted by atomic mass is 16.5. The maximum Gasteiger partial charge on any atom is 0.119 e. The Hall–Kier alpha value is -2.82. The Morgan fingerprint density at radius 3 is 2.86 bits per heavy atom. The number of aromatic amines is 1. The molecule has 0 spiro atoms. The monoisotopic (exact) mass is 278 g/mol. The van der Waals surface area contributed by atoms with Crippen LogP contribution in [-0.4, -0.2) is 23.6 Å². The van der Waals surface area contributed by atoms with E-state index in [0.29, 0.717) is 0 Å². The lowest BCUT2D eigenvalue weighted by Crippen LogP contribution is -2.36. The van der Waals surface area contributed by atoms with Gasteiger partial charge in [0.1, 0.15) is 5.75 Å².